The number of ether oxygens (including phenoxy) is 1. The van der Waals surface area contributed by atoms with Crippen molar-refractivity contribution in [3.8, 4) is 16.9 Å². The second-order valence-corrected chi connectivity index (χ2v) is 4.74. The molecule has 0 amide bonds. The first-order chi connectivity index (χ1) is 8.54. The molecule has 0 radical (unpaired) electrons. The molecule has 0 saturated carbocycles. The molecule has 0 aliphatic heterocycles. The molecule has 0 saturated heterocycles. The van der Waals surface area contributed by atoms with E-state index in [-0.39, 0.29) is 5.69 Å². The Morgan fingerprint density at radius 3 is 2.78 bits per heavy atom. The summed E-state index contributed by atoms with van der Waals surface area (Å²) in [6.45, 7) is 0. The van der Waals surface area contributed by atoms with Crippen LogP contribution in [-0.2, 0) is 0 Å². The number of hydrogen-bond donors (Lipinski definition) is 1. The number of halogens is 2. The van der Waals surface area contributed by atoms with Crippen LogP contribution in [0.4, 0.5) is 5.69 Å². The summed E-state index contributed by atoms with van der Waals surface area (Å²) < 4.78 is 5.81. The van der Waals surface area contributed by atoms with Crippen molar-refractivity contribution in [1.82, 2.24) is 10.2 Å². The minimum absolute atomic E-state index is 0.0288. The highest BCUT2D eigenvalue weighted by molar-refractivity contribution is 14.1. The van der Waals surface area contributed by atoms with E-state index in [9.17, 15) is 10.1 Å². The van der Waals surface area contributed by atoms with Gasteiger partial charge >= 0.3 is 0 Å². The number of non-ortho nitro benzene ring substituents is 1. The summed E-state index contributed by atoms with van der Waals surface area (Å²) in [5, 5.41) is 17.7. The maximum atomic E-state index is 10.8. The Labute approximate surface area is 121 Å². The number of nitrogens with zero attached hydrogens (tertiary/aromatic N) is 2. The van der Waals surface area contributed by atoms with Gasteiger partial charge in [-0.1, -0.05) is 11.6 Å². The van der Waals surface area contributed by atoms with Gasteiger partial charge in [-0.2, -0.15) is 5.10 Å². The Hall–Kier alpha value is -1.35. The number of H-pyrrole nitrogens is 1. The predicted molar refractivity (Wildman–Crippen MR) is 75.0 cm³/mol. The Morgan fingerprint density at radius 1 is 1.56 bits per heavy atom. The molecule has 6 nitrogen and oxygen atoms in total. The van der Waals surface area contributed by atoms with Crippen molar-refractivity contribution in [3.63, 3.8) is 0 Å². The predicted octanol–water partition coefficient (Wildman–Crippen LogP) is 3.25. The van der Waals surface area contributed by atoms with Gasteiger partial charge in [-0.15, -0.1) is 0 Å². The number of nitro benzene ring substituents is 1. The number of benzene rings is 1. The standard InChI is InChI=1S/C10H7ClIN3O3/c1-18-7-3-2-5(15(16)17)4-6(7)8-9(11)13-14-10(8)12/h2-4H,1H3,(H,13,14). The van der Waals surface area contributed by atoms with E-state index in [4.69, 9.17) is 16.3 Å². The Morgan fingerprint density at radius 2 is 2.28 bits per heavy atom. The molecular weight excluding hydrogens is 372 g/mol. The van der Waals surface area contributed by atoms with Crippen LogP contribution in [0.2, 0.25) is 5.15 Å². The Bertz CT molecular complexity index is 595. The maximum Gasteiger partial charge on any atom is 0.270 e. The highest BCUT2D eigenvalue weighted by Crippen LogP contribution is 2.38. The van der Waals surface area contributed by atoms with Gasteiger partial charge in [0.2, 0.25) is 0 Å². The zero-order chi connectivity index (χ0) is 13.3. The Kier molecular flexibility index (Phi) is 3.71. The van der Waals surface area contributed by atoms with Crippen LogP contribution in [0.25, 0.3) is 11.1 Å². The highest BCUT2D eigenvalue weighted by atomic mass is 127. The molecule has 94 valence electrons. The monoisotopic (exact) mass is 379 g/mol. The van der Waals surface area contributed by atoms with Crippen LogP contribution < -0.4 is 4.74 Å². The summed E-state index contributed by atoms with van der Waals surface area (Å²) in [7, 11) is 1.49. The van der Waals surface area contributed by atoms with E-state index in [0.29, 0.717) is 25.7 Å². The first-order valence-corrected chi connectivity index (χ1v) is 6.22. The fraction of sp³-hybridized carbons (Fsp3) is 0.100. The summed E-state index contributed by atoms with van der Waals surface area (Å²) in [5.74, 6) is 0.502. The van der Waals surface area contributed by atoms with Crippen molar-refractivity contribution in [3.05, 3.63) is 37.2 Å². The lowest BCUT2D eigenvalue weighted by atomic mass is 10.1. The minimum Gasteiger partial charge on any atom is -0.496 e. The van der Waals surface area contributed by atoms with Crippen LogP contribution in [0.1, 0.15) is 0 Å². The van der Waals surface area contributed by atoms with Gasteiger partial charge < -0.3 is 4.74 Å². The first kappa shape index (κ1) is 13.1. The van der Waals surface area contributed by atoms with E-state index in [1.165, 1.54) is 25.3 Å². The quantitative estimate of drug-likeness (QED) is 0.504. The molecule has 18 heavy (non-hydrogen) atoms. The molecule has 0 aliphatic carbocycles. The lowest BCUT2D eigenvalue weighted by molar-refractivity contribution is -0.384. The van der Waals surface area contributed by atoms with E-state index in [1.54, 1.807) is 0 Å². The van der Waals surface area contributed by atoms with Crippen LogP contribution >= 0.6 is 34.2 Å². The van der Waals surface area contributed by atoms with Crippen LogP contribution in [-0.4, -0.2) is 22.2 Å². The number of methoxy groups -OCH3 is 1. The van der Waals surface area contributed by atoms with Crippen molar-refractivity contribution < 1.29 is 9.66 Å². The number of nitro groups is 1. The highest BCUT2D eigenvalue weighted by Gasteiger charge is 2.19. The van der Waals surface area contributed by atoms with Crippen molar-refractivity contribution >= 4 is 39.9 Å². The fourth-order valence-corrected chi connectivity index (χ4v) is 2.61. The van der Waals surface area contributed by atoms with Crippen molar-refractivity contribution in [2.24, 2.45) is 0 Å². The van der Waals surface area contributed by atoms with E-state index in [2.05, 4.69) is 10.2 Å². The molecule has 0 spiro atoms. The third kappa shape index (κ3) is 2.27. The van der Waals surface area contributed by atoms with E-state index in [1.807, 2.05) is 22.6 Å². The topological polar surface area (TPSA) is 81.1 Å². The summed E-state index contributed by atoms with van der Waals surface area (Å²) >= 11 is 7.99. The zero-order valence-corrected chi connectivity index (χ0v) is 12.0. The zero-order valence-electron chi connectivity index (χ0n) is 9.11. The maximum absolute atomic E-state index is 10.8. The van der Waals surface area contributed by atoms with Crippen LogP contribution in [0.5, 0.6) is 5.75 Å². The molecule has 0 bridgehead atoms. The summed E-state index contributed by atoms with van der Waals surface area (Å²) in [5.41, 5.74) is 1.10. The van der Waals surface area contributed by atoms with Gasteiger partial charge in [0, 0.05) is 17.7 Å². The molecule has 2 rings (SSSR count). The van der Waals surface area contributed by atoms with E-state index >= 15 is 0 Å². The number of hydrogen-bond acceptors (Lipinski definition) is 4. The average molecular weight is 380 g/mol. The molecule has 2 aromatic rings. The van der Waals surface area contributed by atoms with E-state index in [0.717, 1.165) is 0 Å². The molecular formula is C10H7ClIN3O3. The van der Waals surface area contributed by atoms with Gasteiger partial charge in [-0.25, -0.2) is 0 Å². The molecule has 1 aromatic carbocycles. The van der Waals surface area contributed by atoms with Crippen LogP contribution in [0.15, 0.2) is 18.2 Å². The van der Waals surface area contributed by atoms with Gasteiger partial charge in [-0.05, 0) is 28.7 Å². The van der Waals surface area contributed by atoms with Crippen LogP contribution in [0, 0.1) is 13.8 Å². The average Bonchev–Trinajstić information content (AvgIpc) is 2.68. The smallest absolute Gasteiger partial charge is 0.270 e. The van der Waals surface area contributed by atoms with E-state index < -0.39 is 4.92 Å². The van der Waals surface area contributed by atoms with Crippen molar-refractivity contribution in [1.29, 1.82) is 0 Å². The SMILES string of the molecule is COc1ccc([N+](=O)[O-])cc1-c1c(I)n[nH]c1Cl. The molecule has 0 atom stereocenters. The minimum atomic E-state index is -0.468. The van der Waals surface area contributed by atoms with Gasteiger partial charge in [0.15, 0.2) is 0 Å². The first-order valence-electron chi connectivity index (χ1n) is 4.76. The van der Waals surface area contributed by atoms with Gasteiger partial charge in [0.05, 0.1) is 17.6 Å². The van der Waals surface area contributed by atoms with Gasteiger partial charge in [0.25, 0.3) is 5.69 Å². The Balaban J connectivity index is 2.68. The number of nitrogens with one attached hydrogen (secondary N) is 1. The number of aromatic amines is 1. The van der Waals surface area contributed by atoms with Gasteiger partial charge in [-0.3, -0.25) is 15.2 Å². The third-order valence-corrected chi connectivity index (χ3v) is 3.40. The summed E-state index contributed by atoms with van der Waals surface area (Å²) in [6, 6.07) is 4.33. The fourth-order valence-electron chi connectivity index (χ4n) is 1.53. The lowest BCUT2D eigenvalue weighted by Crippen LogP contribution is -1.93. The molecule has 8 heteroatoms. The third-order valence-electron chi connectivity index (χ3n) is 2.34. The normalized spacial score (nSPS) is 10.4. The molecule has 1 N–H and O–H groups in total. The molecule has 0 fully saturated rings. The molecule has 1 aromatic heterocycles. The van der Waals surface area contributed by atoms with Crippen molar-refractivity contribution in [2.75, 3.05) is 7.11 Å². The summed E-state index contributed by atoms with van der Waals surface area (Å²) in [6.07, 6.45) is 0. The van der Waals surface area contributed by atoms with Crippen LogP contribution in [0.3, 0.4) is 0 Å². The summed E-state index contributed by atoms with van der Waals surface area (Å²) in [4.78, 5) is 10.3. The van der Waals surface area contributed by atoms with Crippen molar-refractivity contribution in [2.45, 2.75) is 0 Å². The number of rotatable bonds is 3. The number of aromatic nitrogens is 2. The molecule has 0 aliphatic rings. The second kappa shape index (κ2) is 5.11. The largest absolute Gasteiger partial charge is 0.496 e. The molecule has 1 heterocycles. The second-order valence-electron chi connectivity index (χ2n) is 3.35. The van der Waals surface area contributed by atoms with Gasteiger partial charge in [0.1, 0.15) is 14.6 Å². The lowest BCUT2D eigenvalue weighted by Gasteiger charge is -2.07. The molecule has 0 unspecified atom stereocenters.